The molecule has 0 saturated carbocycles. The first-order chi connectivity index (χ1) is 14.0. The summed E-state index contributed by atoms with van der Waals surface area (Å²) in [4.78, 5) is 4.64. The predicted molar refractivity (Wildman–Crippen MR) is 115 cm³/mol. The third-order valence-electron chi connectivity index (χ3n) is 5.17. The molecule has 6 nitrogen and oxygen atoms in total. The zero-order chi connectivity index (χ0) is 20.8. The fraction of sp³-hybridized carbons (Fsp3) is 0.478. The van der Waals surface area contributed by atoms with Gasteiger partial charge in [0.1, 0.15) is 17.2 Å². The molecule has 3 rings (SSSR count). The maximum atomic E-state index is 10.8. The Morgan fingerprint density at radius 1 is 0.931 bits per heavy atom. The molecule has 6 heteroatoms. The molecule has 2 aromatic rings. The van der Waals surface area contributed by atoms with Crippen molar-refractivity contribution in [1.29, 1.82) is 0 Å². The number of piperazine rings is 1. The van der Waals surface area contributed by atoms with Crippen molar-refractivity contribution in [2.75, 3.05) is 51.8 Å². The van der Waals surface area contributed by atoms with Gasteiger partial charge in [-0.15, -0.1) is 0 Å². The van der Waals surface area contributed by atoms with E-state index in [9.17, 15) is 5.11 Å². The lowest BCUT2D eigenvalue weighted by Gasteiger charge is -2.37. The molecular weight excluding hydrogens is 368 g/mol. The van der Waals surface area contributed by atoms with Gasteiger partial charge in [-0.05, 0) is 44.2 Å². The number of benzene rings is 2. The van der Waals surface area contributed by atoms with Gasteiger partial charge >= 0.3 is 0 Å². The highest BCUT2D eigenvalue weighted by atomic mass is 16.5. The number of hydrogen-bond donors (Lipinski definition) is 1. The van der Waals surface area contributed by atoms with E-state index in [4.69, 9.17) is 14.2 Å². The van der Waals surface area contributed by atoms with Gasteiger partial charge < -0.3 is 24.2 Å². The van der Waals surface area contributed by atoms with Gasteiger partial charge in [0, 0.05) is 38.3 Å². The van der Waals surface area contributed by atoms with Crippen LogP contribution in [0.15, 0.2) is 42.5 Å². The summed E-state index contributed by atoms with van der Waals surface area (Å²) < 4.78 is 16.7. The maximum absolute atomic E-state index is 10.8. The lowest BCUT2D eigenvalue weighted by atomic mass is 10.1. The number of β-amino-alcohol motifs (C(OH)–C–C–N with tert-alkyl or cyclic N) is 1. The fourth-order valence-electron chi connectivity index (χ4n) is 3.69. The van der Waals surface area contributed by atoms with Gasteiger partial charge in [-0.3, -0.25) is 4.90 Å². The van der Waals surface area contributed by atoms with Crippen LogP contribution in [-0.2, 0) is 0 Å². The number of para-hydroxylation sites is 2. The van der Waals surface area contributed by atoms with Crippen LogP contribution in [0.25, 0.3) is 0 Å². The first-order valence-corrected chi connectivity index (χ1v) is 10.1. The maximum Gasteiger partial charge on any atom is 0.142 e. The van der Waals surface area contributed by atoms with Gasteiger partial charge in [0.15, 0.2) is 0 Å². The standard InChI is InChI=1S/C23H32N2O4/c1-17(2)29-23-8-6-5-7-20(23)25-13-11-24(12-14-25)16-21(26)19-15-18(27-3)9-10-22(19)28-4/h5-10,15,17,21,26H,11-14,16H2,1-4H3. The van der Waals surface area contributed by atoms with Gasteiger partial charge in [-0.1, -0.05) is 12.1 Å². The molecule has 158 valence electrons. The Labute approximate surface area is 173 Å². The van der Waals surface area contributed by atoms with Crippen molar-refractivity contribution in [2.24, 2.45) is 0 Å². The lowest BCUT2D eigenvalue weighted by Crippen LogP contribution is -2.47. The minimum absolute atomic E-state index is 0.144. The summed E-state index contributed by atoms with van der Waals surface area (Å²) in [5.74, 6) is 2.32. The van der Waals surface area contributed by atoms with Crippen LogP contribution in [0.1, 0.15) is 25.5 Å². The monoisotopic (exact) mass is 400 g/mol. The molecule has 0 bridgehead atoms. The zero-order valence-electron chi connectivity index (χ0n) is 17.8. The Balaban J connectivity index is 1.62. The Morgan fingerprint density at radius 2 is 1.66 bits per heavy atom. The summed E-state index contributed by atoms with van der Waals surface area (Å²) in [6, 6.07) is 13.7. The van der Waals surface area contributed by atoms with Gasteiger partial charge in [0.2, 0.25) is 0 Å². The van der Waals surface area contributed by atoms with Crippen molar-refractivity contribution >= 4 is 5.69 Å². The van der Waals surface area contributed by atoms with Gasteiger partial charge in [0.25, 0.3) is 0 Å². The summed E-state index contributed by atoms with van der Waals surface area (Å²) in [6.45, 7) is 8.17. The SMILES string of the molecule is COc1ccc(OC)c(C(O)CN2CCN(c3ccccc3OC(C)C)CC2)c1. The number of aliphatic hydroxyl groups excluding tert-OH is 1. The minimum Gasteiger partial charge on any atom is -0.497 e. The minimum atomic E-state index is -0.636. The molecule has 1 heterocycles. The van der Waals surface area contributed by atoms with Crippen molar-refractivity contribution < 1.29 is 19.3 Å². The number of methoxy groups -OCH3 is 2. The summed E-state index contributed by atoms with van der Waals surface area (Å²) in [5, 5.41) is 10.8. The van der Waals surface area contributed by atoms with E-state index in [0.29, 0.717) is 18.0 Å². The first kappa shape index (κ1) is 21.3. The van der Waals surface area contributed by atoms with Crippen LogP contribution < -0.4 is 19.1 Å². The van der Waals surface area contributed by atoms with Crippen molar-refractivity contribution in [2.45, 2.75) is 26.1 Å². The Kier molecular flexibility index (Phi) is 7.23. The Bertz CT molecular complexity index is 788. The van der Waals surface area contributed by atoms with Crippen LogP contribution in [0, 0.1) is 0 Å². The van der Waals surface area contributed by atoms with E-state index in [1.807, 2.05) is 50.2 Å². The second-order valence-electron chi connectivity index (χ2n) is 7.55. The van der Waals surface area contributed by atoms with Crippen LogP contribution in [0.4, 0.5) is 5.69 Å². The average Bonchev–Trinajstić information content (AvgIpc) is 2.74. The van der Waals surface area contributed by atoms with Gasteiger partial charge in [-0.25, -0.2) is 0 Å². The smallest absolute Gasteiger partial charge is 0.142 e. The van der Waals surface area contributed by atoms with Crippen molar-refractivity contribution in [3.63, 3.8) is 0 Å². The summed E-state index contributed by atoms with van der Waals surface area (Å²) >= 11 is 0. The highest BCUT2D eigenvalue weighted by molar-refractivity contribution is 5.58. The largest absolute Gasteiger partial charge is 0.497 e. The summed E-state index contributed by atoms with van der Waals surface area (Å²) in [7, 11) is 3.24. The third kappa shape index (κ3) is 5.34. The Morgan fingerprint density at radius 3 is 2.31 bits per heavy atom. The second kappa shape index (κ2) is 9.85. The fourth-order valence-corrected chi connectivity index (χ4v) is 3.69. The number of hydrogen-bond acceptors (Lipinski definition) is 6. The van der Waals surface area contributed by atoms with Gasteiger partial charge in [0.05, 0.1) is 32.1 Å². The zero-order valence-corrected chi connectivity index (χ0v) is 17.8. The normalized spacial score (nSPS) is 16.0. The highest BCUT2D eigenvalue weighted by Crippen LogP contribution is 2.32. The van der Waals surface area contributed by atoms with Crippen LogP contribution in [-0.4, -0.2) is 63.1 Å². The van der Waals surface area contributed by atoms with Crippen LogP contribution in [0.5, 0.6) is 17.2 Å². The van der Waals surface area contributed by atoms with Gasteiger partial charge in [-0.2, -0.15) is 0 Å². The molecule has 1 fully saturated rings. The number of ether oxygens (including phenoxy) is 3. The number of nitrogens with zero attached hydrogens (tertiary/aromatic N) is 2. The first-order valence-electron chi connectivity index (χ1n) is 10.1. The lowest BCUT2D eigenvalue weighted by molar-refractivity contribution is 0.107. The quantitative estimate of drug-likeness (QED) is 0.733. The molecule has 0 aliphatic carbocycles. The molecule has 2 aromatic carbocycles. The Hall–Kier alpha value is -2.44. The van der Waals surface area contributed by atoms with E-state index < -0.39 is 6.10 Å². The predicted octanol–water partition coefficient (Wildman–Crippen LogP) is 3.35. The molecule has 1 aliphatic heterocycles. The molecule has 1 unspecified atom stereocenters. The molecule has 0 radical (unpaired) electrons. The van der Waals surface area contributed by atoms with E-state index in [1.54, 1.807) is 14.2 Å². The highest BCUT2D eigenvalue weighted by Gasteiger charge is 2.23. The van der Waals surface area contributed by atoms with E-state index in [-0.39, 0.29) is 6.10 Å². The molecule has 29 heavy (non-hydrogen) atoms. The molecule has 0 aromatic heterocycles. The van der Waals surface area contributed by atoms with Crippen LogP contribution in [0.3, 0.4) is 0 Å². The van der Waals surface area contributed by atoms with E-state index in [1.165, 1.54) is 0 Å². The summed E-state index contributed by atoms with van der Waals surface area (Å²) in [6.07, 6.45) is -0.492. The van der Waals surface area contributed by atoms with E-state index >= 15 is 0 Å². The second-order valence-corrected chi connectivity index (χ2v) is 7.55. The van der Waals surface area contributed by atoms with E-state index in [0.717, 1.165) is 43.2 Å². The van der Waals surface area contributed by atoms with Crippen molar-refractivity contribution in [3.8, 4) is 17.2 Å². The molecule has 1 N–H and O–H groups in total. The average molecular weight is 401 g/mol. The molecule has 1 aliphatic rings. The molecular formula is C23H32N2O4. The summed E-state index contributed by atoms with van der Waals surface area (Å²) in [5.41, 5.74) is 1.89. The van der Waals surface area contributed by atoms with E-state index in [2.05, 4.69) is 15.9 Å². The molecule has 1 saturated heterocycles. The topological polar surface area (TPSA) is 54.4 Å². The number of aliphatic hydroxyl groups is 1. The van der Waals surface area contributed by atoms with Crippen LogP contribution >= 0.6 is 0 Å². The van der Waals surface area contributed by atoms with Crippen molar-refractivity contribution in [3.05, 3.63) is 48.0 Å². The third-order valence-corrected chi connectivity index (χ3v) is 5.17. The molecule has 0 spiro atoms. The van der Waals surface area contributed by atoms with Crippen LogP contribution in [0.2, 0.25) is 0 Å². The molecule has 0 amide bonds. The van der Waals surface area contributed by atoms with Crippen molar-refractivity contribution in [1.82, 2.24) is 4.90 Å². The number of rotatable bonds is 8. The number of anilines is 1. The molecule has 1 atom stereocenters.